The van der Waals surface area contributed by atoms with Crippen molar-refractivity contribution < 1.29 is 18.5 Å². The molecular weight excluding hydrogens is 311 g/mol. The standard InChI is InChI=1S/C18H31O4P/c1-4-5-6-7-8-9-10-11-15-21-23(19,20)22-18-14-12-13-16(2)17(18)3/h12-14H,4-11,15H2,1-3H3,(H,19,20). The quantitative estimate of drug-likeness (QED) is 0.377. The van der Waals surface area contributed by atoms with E-state index >= 15 is 0 Å². The SMILES string of the molecule is CCCCCCCCCCOP(=O)(O)Oc1cccc(C)c1C. The molecule has 0 heterocycles. The van der Waals surface area contributed by atoms with Crippen molar-refractivity contribution in [1.82, 2.24) is 0 Å². The van der Waals surface area contributed by atoms with Crippen LogP contribution in [0, 0.1) is 13.8 Å². The summed E-state index contributed by atoms with van der Waals surface area (Å²) >= 11 is 0. The third-order valence-electron chi connectivity index (χ3n) is 4.02. The molecule has 1 N–H and O–H groups in total. The highest BCUT2D eigenvalue weighted by atomic mass is 31.2. The van der Waals surface area contributed by atoms with Crippen molar-refractivity contribution in [2.24, 2.45) is 0 Å². The summed E-state index contributed by atoms with van der Waals surface area (Å²) in [6, 6.07) is 5.42. The molecule has 0 saturated heterocycles. The van der Waals surface area contributed by atoms with Gasteiger partial charge in [0.1, 0.15) is 5.75 Å². The Kier molecular flexibility index (Phi) is 9.54. The molecule has 0 aromatic heterocycles. The average Bonchev–Trinajstić information content (AvgIpc) is 2.50. The van der Waals surface area contributed by atoms with Gasteiger partial charge in [-0.3, -0.25) is 9.42 Å². The number of hydrogen-bond acceptors (Lipinski definition) is 3. The molecule has 5 heteroatoms. The molecule has 1 atom stereocenters. The zero-order chi connectivity index (χ0) is 17.1. The largest absolute Gasteiger partial charge is 0.527 e. The predicted molar refractivity (Wildman–Crippen MR) is 94.9 cm³/mol. The highest BCUT2D eigenvalue weighted by molar-refractivity contribution is 7.47. The Bertz CT molecular complexity index is 502. The van der Waals surface area contributed by atoms with Crippen LogP contribution >= 0.6 is 7.82 Å². The first-order valence-corrected chi connectivity index (χ1v) is 10.2. The average molecular weight is 342 g/mol. The summed E-state index contributed by atoms with van der Waals surface area (Å²) in [6.07, 6.45) is 9.36. The van der Waals surface area contributed by atoms with Gasteiger partial charge in [0, 0.05) is 0 Å². The maximum Gasteiger partial charge on any atom is 0.527 e. The number of rotatable bonds is 12. The zero-order valence-electron chi connectivity index (χ0n) is 14.7. The Hall–Kier alpha value is -0.830. The van der Waals surface area contributed by atoms with Crippen molar-refractivity contribution in [3.63, 3.8) is 0 Å². The molecule has 1 aromatic carbocycles. The van der Waals surface area contributed by atoms with E-state index in [0.717, 1.165) is 30.4 Å². The second-order valence-electron chi connectivity index (χ2n) is 6.07. The normalized spacial score (nSPS) is 13.7. The lowest BCUT2D eigenvalue weighted by molar-refractivity contribution is 0.199. The second-order valence-corrected chi connectivity index (χ2v) is 7.44. The van der Waals surface area contributed by atoms with E-state index in [2.05, 4.69) is 6.92 Å². The lowest BCUT2D eigenvalue weighted by atomic mass is 10.1. The van der Waals surface area contributed by atoms with Crippen molar-refractivity contribution in [3.8, 4) is 5.75 Å². The van der Waals surface area contributed by atoms with Crippen molar-refractivity contribution in [1.29, 1.82) is 0 Å². The molecular formula is C18H31O4P. The number of phosphoric ester groups is 1. The molecule has 23 heavy (non-hydrogen) atoms. The molecule has 0 bridgehead atoms. The van der Waals surface area contributed by atoms with Gasteiger partial charge in [0.25, 0.3) is 0 Å². The van der Waals surface area contributed by atoms with Crippen LogP contribution in [0.25, 0.3) is 0 Å². The van der Waals surface area contributed by atoms with Crippen LogP contribution in [0.15, 0.2) is 18.2 Å². The number of unbranched alkanes of at least 4 members (excludes halogenated alkanes) is 7. The smallest absolute Gasteiger partial charge is 0.404 e. The summed E-state index contributed by atoms with van der Waals surface area (Å²) < 4.78 is 22.2. The molecule has 1 aromatic rings. The van der Waals surface area contributed by atoms with Gasteiger partial charge in [-0.05, 0) is 37.5 Å². The van der Waals surface area contributed by atoms with E-state index in [1.807, 2.05) is 19.9 Å². The molecule has 1 rings (SSSR count). The van der Waals surface area contributed by atoms with Gasteiger partial charge in [0.05, 0.1) is 6.61 Å². The molecule has 0 fully saturated rings. The molecule has 0 aliphatic rings. The minimum absolute atomic E-state index is 0.258. The zero-order valence-corrected chi connectivity index (χ0v) is 15.6. The predicted octanol–water partition coefficient (Wildman–Crippen LogP) is 5.94. The van der Waals surface area contributed by atoms with Crippen LogP contribution in [0.4, 0.5) is 0 Å². The van der Waals surface area contributed by atoms with Crippen LogP contribution in [0.3, 0.4) is 0 Å². The summed E-state index contributed by atoms with van der Waals surface area (Å²) in [6.45, 7) is 6.27. The summed E-state index contributed by atoms with van der Waals surface area (Å²) in [5, 5.41) is 0. The van der Waals surface area contributed by atoms with Crippen molar-refractivity contribution in [2.45, 2.75) is 72.1 Å². The van der Waals surface area contributed by atoms with Gasteiger partial charge < -0.3 is 4.52 Å². The lowest BCUT2D eigenvalue weighted by Gasteiger charge is -2.15. The van der Waals surface area contributed by atoms with Gasteiger partial charge in [-0.1, -0.05) is 64.0 Å². The van der Waals surface area contributed by atoms with Crippen molar-refractivity contribution >= 4 is 7.82 Å². The highest BCUT2D eigenvalue weighted by Gasteiger charge is 2.23. The molecule has 0 saturated carbocycles. The van der Waals surface area contributed by atoms with Gasteiger partial charge in [-0.25, -0.2) is 4.57 Å². The number of phosphoric acid groups is 1. The number of hydrogen-bond donors (Lipinski definition) is 1. The third kappa shape index (κ3) is 8.55. The van der Waals surface area contributed by atoms with E-state index < -0.39 is 7.82 Å². The molecule has 4 nitrogen and oxygen atoms in total. The Labute approximate surface area is 140 Å². The number of aryl methyl sites for hydroxylation is 1. The van der Waals surface area contributed by atoms with Crippen LogP contribution in [0.2, 0.25) is 0 Å². The molecule has 0 spiro atoms. The van der Waals surface area contributed by atoms with E-state index in [1.165, 1.54) is 32.1 Å². The molecule has 132 valence electrons. The van der Waals surface area contributed by atoms with Crippen LogP contribution in [-0.2, 0) is 9.09 Å². The first kappa shape index (κ1) is 20.2. The fourth-order valence-electron chi connectivity index (χ4n) is 2.39. The third-order valence-corrected chi connectivity index (χ3v) is 4.96. The highest BCUT2D eigenvalue weighted by Crippen LogP contribution is 2.45. The minimum Gasteiger partial charge on any atom is -0.404 e. The number of benzene rings is 1. The van der Waals surface area contributed by atoms with Gasteiger partial charge in [0.2, 0.25) is 0 Å². The minimum atomic E-state index is -4.03. The van der Waals surface area contributed by atoms with Gasteiger partial charge in [-0.2, -0.15) is 0 Å². The topological polar surface area (TPSA) is 55.8 Å². The monoisotopic (exact) mass is 342 g/mol. The first-order chi connectivity index (χ1) is 11.0. The molecule has 1 unspecified atom stereocenters. The fourth-order valence-corrected chi connectivity index (χ4v) is 3.25. The summed E-state index contributed by atoms with van der Waals surface area (Å²) in [4.78, 5) is 9.79. The van der Waals surface area contributed by atoms with Crippen LogP contribution in [-0.4, -0.2) is 11.5 Å². The van der Waals surface area contributed by atoms with Gasteiger partial charge in [-0.15, -0.1) is 0 Å². The van der Waals surface area contributed by atoms with Crippen molar-refractivity contribution in [3.05, 3.63) is 29.3 Å². The molecule has 0 aliphatic carbocycles. The van der Waals surface area contributed by atoms with Gasteiger partial charge >= 0.3 is 7.82 Å². The van der Waals surface area contributed by atoms with E-state index in [-0.39, 0.29) is 6.61 Å². The van der Waals surface area contributed by atoms with E-state index in [0.29, 0.717) is 5.75 Å². The molecule has 0 radical (unpaired) electrons. The Morgan fingerprint density at radius 2 is 1.61 bits per heavy atom. The van der Waals surface area contributed by atoms with Crippen LogP contribution in [0.1, 0.15) is 69.4 Å². The van der Waals surface area contributed by atoms with E-state index in [9.17, 15) is 9.46 Å². The summed E-state index contributed by atoms with van der Waals surface area (Å²) in [5.41, 5.74) is 1.88. The first-order valence-electron chi connectivity index (χ1n) is 8.69. The second kappa shape index (κ2) is 10.9. The Morgan fingerprint density at radius 1 is 1.00 bits per heavy atom. The van der Waals surface area contributed by atoms with Gasteiger partial charge in [0.15, 0.2) is 0 Å². The fraction of sp³-hybridized carbons (Fsp3) is 0.667. The maximum absolute atomic E-state index is 12.0. The lowest BCUT2D eigenvalue weighted by Crippen LogP contribution is -2.00. The Morgan fingerprint density at radius 3 is 2.26 bits per heavy atom. The summed E-state index contributed by atoms with van der Waals surface area (Å²) in [5.74, 6) is 0.409. The van der Waals surface area contributed by atoms with Crippen molar-refractivity contribution in [2.75, 3.05) is 6.61 Å². The molecule has 0 aliphatic heterocycles. The van der Waals surface area contributed by atoms with E-state index in [1.54, 1.807) is 12.1 Å². The molecule has 0 amide bonds. The van der Waals surface area contributed by atoms with Crippen LogP contribution in [0.5, 0.6) is 5.75 Å². The van der Waals surface area contributed by atoms with E-state index in [4.69, 9.17) is 9.05 Å². The summed E-state index contributed by atoms with van der Waals surface area (Å²) in [7, 11) is -4.03. The van der Waals surface area contributed by atoms with Crippen LogP contribution < -0.4 is 4.52 Å². The Balaban J connectivity index is 2.20. The maximum atomic E-state index is 12.0.